The lowest BCUT2D eigenvalue weighted by Gasteiger charge is -2.13. The fourth-order valence-electron chi connectivity index (χ4n) is 1.49. The van der Waals surface area contributed by atoms with Crippen LogP contribution in [0.4, 0.5) is 0 Å². The number of hydrogen-bond donors (Lipinski definition) is 0. The molecular formula is C13H24O4. The molecule has 0 aromatic carbocycles. The molecule has 100 valence electrons. The predicted octanol–water partition coefficient (Wildman–Crippen LogP) is 2.84. The minimum Gasteiger partial charge on any atom is -0.463 e. The zero-order chi connectivity index (χ0) is 12.9. The highest BCUT2D eigenvalue weighted by Crippen LogP contribution is 2.07. The number of esters is 1. The van der Waals surface area contributed by atoms with E-state index in [-0.39, 0.29) is 0 Å². The standard InChI is InChI=1S/C13H24O4/c1-3-5-7-8-10-16-13(15)12(17-11-14)9-6-4-2/h11-12H,3-10H2,1-2H3. The summed E-state index contributed by atoms with van der Waals surface area (Å²) in [6.07, 6.45) is 5.88. The Balaban J connectivity index is 3.76. The molecule has 4 nitrogen and oxygen atoms in total. The molecular weight excluding hydrogens is 220 g/mol. The van der Waals surface area contributed by atoms with Gasteiger partial charge in [-0.2, -0.15) is 0 Å². The Labute approximate surface area is 104 Å². The SMILES string of the molecule is CCCCCCOC(=O)C(CCCC)OC=O. The second-order valence-corrected chi connectivity index (χ2v) is 4.09. The van der Waals surface area contributed by atoms with Crippen LogP contribution >= 0.6 is 0 Å². The zero-order valence-electron chi connectivity index (χ0n) is 10.9. The van der Waals surface area contributed by atoms with Crippen molar-refractivity contribution in [3.05, 3.63) is 0 Å². The van der Waals surface area contributed by atoms with Gasteiger partial charge in [-0.15, -0.1) is 0 Å². The highest BCUT2D eigenvalue weighted by Gasteiger charge is 2.20. The molecule has 1 atom stereocenters. The van der Waals surface area contributed by atoms with Gasteiger partial charge < -0.3 is 9.47 Å². The highest BCUT2D eigenvalue weighted by atomic mass is 16.6. The van der Waals surface area contributed by atoms with E-state index in [0.717, 1.165) is 38.5 Å². The lowest BCUT2D eigenvalue weighted by molar-refractivity contribution is -0.162. The van der Waals surface area contributed by atoms with Gasteiger partial charge in [0.2, 0.25) is 0 Å². The summed E-state index contributed by atoms with van der Waals surface area (Å²) >= 11 is 0. The van der Waals surface area contributed by atoms with Crippen LogP contribution in [-0.2, 0) is 19.1 Å². The van der Waals surface area contributed by atoms with Gasteiger partial charge in [-0.3, -0.25) is 4.79 Å². The maximum Gasteiger partial charge on any atom is 0.347 e. The molecule has 0 rings (SSSR count). The molecule has 0 radical (unpaired) electrons. The summed E-state index contributed by atoms with van der Waals surface area (Å²) in [5.41, 5.74) is 0. The van der Waals surface area contributed by atoms with Crippen molar-refractivity contribution in [2.24, 2.45) is 0 Å². The maximum absolute atomic E-state index is 11.6. The minimum atomic E-state index is -0.723. The van der Waals surface area contributed by atoms with Crippen LogP contribution < -0.4 is 0 Å². The molecule has 17 heavy (non-hydrogen) atoms. The molecule has 0 aliphatic heterocycles. The second kappa shape index (κ2) is 11.4. The summed E-state index contributed by atoms with van der Waals surface area (Å²) in [5, 5.41) is 0. The largest absolute Gasteiger partial charge is 0.463 e. The Morgan fingerprint density at radius 1 is 1.12 bits per heavy atom. The lowest BCUT2D eigenvalue weighted by atomic mass is 10.1. The minimum absolute atomic E-state index is 0.318. The van der Waals surface area contributed by atoms with Crippen molar-refractivity contribution < 1.29 is 19.1 Å². The molecule has 0 aliphatic rings. The Morgan fingerprint density at radius 3 is 2.41 bits per heavy atom. The average molecular weight is 244 g/mol. The molecule has 1 unspecified atom stereocenters. The van der Waals surface area contributed by atoms with Gasteiger partial charge in [-0.1, -0.05) is 39.5 Å². The number of ether oxygens (including phenoxy) is 2. The normalized spacial score (nSPS) is 11.9. The fraction of sp³-hybridized carbons (Fsp3) is 0.846. The third-order valence-corrected chi connectivity index (χ3v) is 2.54. The zero-order valence-corrected chi connectivity index (χ0v) is 10.9. The number of unbranched alkanes of at least 4 members (excludes halogenated alkanes) is 4. The monoisotopic (exact) mass is 244 g/mol. The van der Waals surface area contributed by atoms with Gasteiger partial charge in [0.15, 0.2) is 6.10 Å². The summed E-state index contributed by atoms with van der Waals surface area (Å²) in [4.78, 5) is 21.8. The Kier molecular flexibility index (Phi) is 10.7. The quantitative estimate of drug-likeness (QED) is 0.318. The summed E-state index contributed by atoms with van der Waals surface area (Å²) in [6, 6.07) is 0. The lowest BCUT2D eigenvalue weighted by Crippen LogP contribution is -2.26. The molecule has 0 N–H and O–H groups in total. The first-order valence-electron chi connectivity index (χ1n) is 6.52. The van der Waals surface area contributed by atoms with Crippen LogP contribution in [0, 0.1) is 0 Å². The van der Waals surface area contributed by atoms with Crippen molar-refractivity contribution in [1.82, 2.24) is 0 Å². The molecule has 0 heterocycles. The van der Waals surface area contributed by atoms with E-state index in [4.69, 9.17) is 9.47 Å². The van der Waals surface area contributed by atoms with Crippen LogP contribution in [0.15, 0.2) is 0 Å². The third-order valence-electron chi connectivity index (χ3n) is 2.54. The van der Waals surface area contributed by atoms with Gasteiger partial charge in [0, 0.05) is 0 Å². The molecule has 0 aromatic heterocycles. The summed E-state index contributed by atoms with van der Waals surface area (Å²) in [7, 11) is 0. The molecule has 0 fully saturated rings. The summed E-state index contributed by atoms with van der Waals surface area (Å²) in [6.45, 7) is 4.89. The first-order valence-corrected chi connectivity index (χ1v) is 6.52. The fourth-order valence-corrected chi connectivity index (χ4v) is 1.49. The molecule has 0 aromatic rings. The Morgan fingerprint density at radius 2 is 1.82 bits per heavy atom. The van der Waals surface area contributed by atoms with Gasteiger partial charge in [-0.05, 0) is 19.3 Å². The van der Waals surface area contributed by atoms with Crippen LogP contribution in [-0.4, -0.2) is 25.2 Å². The number of rotatable bonds is 11. The van der Waals surface area contributed by atoms with Gasteiger partial charge in [-0.25, -0.2) is 4.79 Å². The first kappa shape index (κ1) is 15.9. The van der Waals surface area contributed by atoms with Crippen LogP contribution in [0.5, 0.6) is 0 Å². The van der Waals surface area contributed by atoms with E-state index in [1.54, 1.807) is 0 Å². The first-order chi connectivity index (χ1) is 8.26. The molecule has 0 saturated heterocycles. The molecule has 0 amide bonds. The van der Waals surface area contributed by atoms with Gasteiger partial charge in [0.25, 0.3) is 6.47 Å². The van der Waals surface area contributed by atoms with E-state index < -0.39 is 12.1 Å². The predicted molar refractivity (Wildman–Crippen MR) is 65.6 cm³/mol. The summed E-state index contributed by atoms with van der Waals surface area (Å²) in [5.74, 6) is -0.415. The third kappa shape index (κ3) is 8.72. The van der Waals surface area contributed by atoms with Gasteiger partial charge >= 0.3 is 5.97 Å². The van der Waals surface area contributed by atoms with E-state index in [9.17, 15) is 9.59 Å². The van der Waals surface area contributed by atoms with Crippen LogP contribution in [0.25, 0.3) is 0 Å². The van der Waals surface area contributed by atoms with Crippen molar-refractivity contribution in [2.45, 2.75) is 64.9 Å². The van der Waals surface area contributed by atoms with Crippen molar-refractivity contribution >= 4 is 12.4 Å². The van der Waals surface area contributed by atoms with Crippen LogP contribution in [0.2, 0.25) is 0 Å². The van der Waals surface area contributed by atoms with Crippen molar-refractivity contribution in [3.8, 4) is 0 Å². The number of carbonyl (C=O) groups excluding carboxylic acids is 2. The Hall–Kier alpha value is -1.06. The molecule has 4 heteroatoms. The van der Waals surface area contributed by atoms with E-state index in [0.29, 0.717) is 19.5 Å². The van der Waals surface area contributed by atoms with E-state index in [1.165, 1.54) is 0 Å². The molecule has 0 bridgehead atoms. The van der Waals surface area contributed by atoms with Crippen LogP contribution in [0.3, 0.4) is 0 Å². The van der Waals surface area contributed by atoms with Gasteiger partial charge in [0.05, 0.1) is 6.61 Å². The van der Waals surface area contributed by atoms with E-state index >= 15 is 0 Å². The van der Waals surface area contributed by atoms with Crippen molar-refractivity contribution in [2.75, 3.05) is 6.61 Å². The Bertz CT molecular complexity index is 204. The van der Waals surface area contributed by atoms with Gasteiger partial charge in [0.1, 0.15) is 0 Å². The average Bonchev–Trinajstić information content (AvgIpc) is 2.34. The van der Waals surface area contributed by atoms with E-state index in [1.807, 2.05) is 6.92 Å². The number of carbonyl (C=O) groups is 2. The topological polar surface area (TPSA) is 52.6 Å². The number of hydrogen-bond acceptors (Lipinski definition) is 4. The molecule has 0 saturated carbocycles. The smallest absolute Gasteiger partial charge is 0.347 e. The highest BCUT2D eigenvalue weighted by molar-refractivity contribution is 5.75. The maximum atomic E-state index is 11.6. The summed E-state index contributed by atoms with van der Waals surface area (Å²) < 4.78 is 9.81. The molecule has 0 aliphatic carbocycles. The molecule has 0 spiro atoms. The van der Waals surface area contributed by atoms with Crippen molar-refractivity contribution in [3.63, 3.8) is 0 Å². The van der Waals surface area contributed by atoms with E-state index in [2.05, 4.69) is 6.92 Å². The van der Waals surface area contributed by atoms with Crippen molar-refractivity contribution in [1.29, 1.82) is 0 Å². The second-order valence-electron chi connectivity index (χ2n) is 4.09. The van der Waals surface area contributed by atoms with Crippen LogP contribution in [0.1, 0.15) is 58.8 Å².